The lowest BCUT2D eigenvalue weighted by molar-refractivity contribution is -0.130. The van der Waals surface area contributed by atoms with E-state index in [0.717, 1.165) is 4.90 Å². The highest BCUT2D eigenvalue weighted by Gasteiger charge is 2.50. The van der Waals surface area contributed by atoms with Crippen molar-refractivity contribution in [3.8, 4) is 5.75 Å². The van der Waals surface area contributed by atoms with Gasteiger partial charge in [0, 0.05) is 16.1 Å². The summed E-state index contributed by atoms with van der Waals surface area (Å²) >= 11 is 6.18. The molecule has 0 radical (unpaired) electrons. The molecule has 0 saturated carbocycles. The van der Waals surface area contributed by atoms with Crippen molar-refractivity contribution in [2.24, 2.45) is 0 Å². The summed E-state index contributed by atoms with van der Waals surface area (Å²) < 4.78 is 5.05. The van der Waals surface area contributed by atoms with Gasteiger partial charge in [-0.05, 0) is 37.3 Å². The molecule has 1 aliphatic rings. The highest BCUT2D eigenvalue weighted by molar-refractivity contribution is 6.32. The fraction of sp³-hybridized carbons (Fsp3) is 0.211. The van der Waals surface area contributed by atoms with Crippen molar-refractivity contribution < 1.29 is 19.1 Å². The minimum absolute atomic E-state index is 0.348. The summed E-state index contributed by atoms with van der Waals surface area (Å²) in [6.45, 7) is 1.23. The van der Waals surface area contributed by atoms with Crippen LogP contribution in [-0.2, 0) is 10.3 Å². The maximum absolute atomic E-state index is 12.9. The smallest absolute Gasteiger partial charge is 0.325 e. The quantitative estimate of drug-likeness (QED) is 0.646. The fourth-order valence-corrected chi connectivity index (χ4v) is 3.23. The molecule has 3 rings (SSSR count). The van der Waals surface area contributed by atoms with E-state index in [1.807, 2.05) is 0 Å². The van der Waals surface area contributed by atoms with E-state index in [4.69, 9.17) is 16.3 Å². The number of hydrogen-bond donors (Lipinski definition) is 1. The van der Waals surface area contributed by atoms with Gasteiger partial charge < -0.3 is 10.1 Å². The number of nitrogens with one attached hydrogen (secondary N) is 1. The Hall–Kier alpha value is -2.86. The molecular weight excluding hydrogens is 356 g/mol. The fourth-order valence-electron chi connectivity index (χ4n) is 2.90. The molecule has 2 aromatic rings. The number of benzene rings is 2. The zero-order chi connectivity index (χ0) is 18.9. The van der Waals surface area contributed by atoms with Crippen LogP contribution >= 0.6 is 11.6 Å². The molecule has 1 N–H and O–H groups in total. The van der Waals surface area contributed by atoms with E-state index in [0.29, 0.717) is 21.9 Å². The van der Waals surface area contributed by atoms with E-state index < -0.39 is 17.5 Å². The van der Waals surface area contributed by atoms with Crippen molar-refractivity contribution in [2.75, 3.05) is 13.7 Å². The second-order valence-electron chi connectivity index (χ2n) is 6.08. The van der Waals surface area contributed by atoms with Crippen molar-refractivity contribution in [1.82, 2.24) is 10.2 Å². The maximum atomic E-state index is 12.9. The van der Waals surface area contributed by atoms with Gasteiger partial charge in [0.05, 0.1) is 13.7 Å². The summed E-state index contributed by atoms with van der Waals surface area (Å²) in [6, 6.07) is 12.6. The first-order chi connectivity index (χ1) is 12.4. The minimum atomic E-state index is -1.31. The number of halogens is 1. The van der Waals surface area contributed by atoms with E-state index in [-0.39, 0.29) is 12.3 Å². The Morgan fingerprint density at radius 1 is 1.15 bits per heavy atom. The Kier molecular flexibility index (Phi) is 4.70. The molecule has 0 unspecified atom stereocenters. The lowest BCUT2D eigenvalue weighted by Gasteiger charge is -2.23. The van der Waals surface area contributed by atoms with Gasteiger partial charge in [-0.1, -0.05) is 29.8 Å². The van der Waals surface area contributed by atoms with Crippen molar-refractivity contribution in [3.05, 3.63) is 64.7 Å². The molecule has 0 bridgehead atoms. The molecule has 134 valence electrons. The van der Waals surface area contributed by atoms with Gasteiger partial charge in [-0.2, -0.15) is 0 Å². The molecule has 0 aromatic heterocycles. The van der Waals surface area contributed by atoms with Crippen LogP contribution in [0.25, 0.3) is 0 Å². The molecule has 1 fully saturated rings. The number of carbonyl (C=O) groups is 3. The highest BCUT2D eigenvalue weighted by Crippen LogP contribution is 2.33. The number of amides is 3. The Labute approximate surface area is 155 Å². The monoisotopic (exact) mass is 372 g/mol. The van der Waals surface area contributed by atoms with Gasteiger partial charge in [0.25, 0.3) is 5.91 Å². The Bertz CT molecular complexity index is 881. The summed E-state index contributed by atoms with van der Waals surface area (Å²) in [6.07, 6.45) is 0. The van der Waals surface area contributed by atoms with Gasteiger partial charge in [0.15, 0.2) is 5.78 Å². The number of ether oxygens (including phenoxy) is 1. The lowest BCUT2D eigenvalue weighted by atomic mass is 9.92. The Morgan fingerprint density at radius 3 is 2.42 bits per heavy atom. The molecule has 1 aliphatic heterocycles. The van der Waals surface area contributed by atoms with E-state index >= 15 is 0 Å². The van der Waals surface area contributed by atoms with Gasteiger partial charge in [-0.3, -0.25) is 14.5 Å². The van der Waals surface area contributed by atoms with Crippen LogP contribution in [0.3, 0.4) is 0 Å². The molecule has 26 heavy (non-hydrogen) atoms. The van der Waals surface area contributed by atoms with Crippen LogP contribution in [0.1, 0.15) is 22.8 Å². The van der Waals surface area contributed by atoms with Crippen LogP contribution in [0.4, 0.5) is 4.79 Å². The predicted molar refractivity (Wildman–Crippen MR) is 96.4 cm³/mol. The minimum Gasteiger partial charge on any atom is -0.497 e. The topological polar surface area (TPSA) is 75.7 Å². The molecule has 1 atom stereocenters. The van der Waals surface area contributed by atoms with E-state index in [2.05, 4.69) is 5.32 Å². The number of imide groups is 1. The van der Waals surface area contributed by atoms with Gasteiger partial charge in [0.1, 0.15) is 11.3 Å². The summed E-state index contributed by atoms with van der Waals surface area (Å²) in [5, 5.41) is 3.01. The first-order valence-electron chi connectivity index (χ1n) is 7.93. The molecule has 1 saturated heterocycles. The largest absolute Gasteiger partial charge is 0.497 e. The van der Waals surface area contributed by atoms with Crippen LogP contribution in [0.15, 0.2) is 48.5 Å². The van der Waals surface area contributed by atoms with Crippen LogP contribution < -0.4 is 10.1 Å². The standard InChI is InChI=1S/C19H17ClN2O4/c1-19(14-5-3-4-6-15(14)20)17(24)22(18(25)21-19)11-16(23)12-7-9-13(26-2)10-8-12/h3-10H,11H2,1-2H3,(H,21,25)/t19-/m0/s1. The molecule has 6 nitrogen and oxygen atoms in total. The highest BCUT2D eigenvalue weighted by atomic mass is 35.5. The first-order valence-corrected chi connectivity index (χ1v) is 8.31. The predicted octanol–water partition coefficient (Wildman–Crippen LogP) is 3.00. The van der Waals surface area contributed by atoms with Gasteiger partial charge in [-0.15, -0.1) is 0 Å². The molecule has 3 amide bonds. The number of hydrogen-bond acceptors (Lipinski definition) is 4. The van der Waals surface area contributed by atoms with Crippen molar-refractivity contribution >= 4 is 29.3 Å². The number of methoxy groups -OCH3 is 1. The maximum Gasteiger partial charge on any atom is 0.325 e. The van der Waals surface area contributed by atoms with Crippen LogP contribution in [0, 0.1) is 0 Å². The van der Waals surface area contributed by atoms with Gasteiger partial charge in [-0.25, -0.2) is 4.79 Å². The zero-order valence-electron chi connectivity index (χ0n) is 14.3. The van der Waals surface area contributed by atoms with Crippen molar-refractivity contribution in [1.29, 1.82) is 0 Å². The Balaban J connectivity index is 1.83. The van der Waals surface area contributed by atoms with E-state index in [9.17, 15) is 14.4 Å². The third-order valence-electron chi connectivity index (χ3n) is 4.40. The molecule has 7 heteroatoms. The number of Topliss-reactive ketones (excluding diaryl/α,β-unsaturated/α-hetero) is 1. The summed E-state index contributed by atoms with van der Waals surface area (Å²) in [5.74, 6) is -0.250. The number of urea groups is 1. The summed E-state index contributed by atoms with van der Waals surface area (Å²) in [4.78, 5) is 38.6. The third-order valence-corrected chi connectivity index (χ3v) is 4.73. The third kappa shape index (κ3) is 3.04. The summed E-state index contributed by atoms with van der Waals surface area (Å²) in [5.41, 5.74) is -0.438. The molecule has 1 heterocycles. The second kappa shape index (κ2) is 6.80. The first kappa shape index (κ1) is 17.9. The number of ketones is 1. The molecular formula is C19H17ClN2O4. The van der Waals surface area contributed by atoms with Gasteiger partial charge in [0.2, 0.25) is 0 Å². The SMILES string of the molecule is COc1ccc(C(=O)CN2C(=O)N[C@@](C)(c3ccccc3Cl)C2=O)cc1. The van der Waals surface area contributed by atoms with E-state index in [1.165, 1.54) is 7.11 Å². The van der Waals surface area contributed by atoms with Crippen LogP contribution in [0.5, 0.6) is 5.75 Å². The molecule has 0 spiro atoms. The number of nitrogens with zero attached hydrogens (tertiary/aromatic N) is 1. The van der Waals surface area contributed by atoms with Crippen molar-refractivity contribution in [2.45, 2.75) is 12.5 Å². The zero-order valence-corrected chi connectivity index (χ0v) is 15.0. The second-order valence-corrected chi connectivity index (χ2v) is 6.49. The van der Waals surface area contributed by atoms with Gasteiger partial charge >= 0.3 is 6.03 Å². The molecule has 0 aliphatic carbocycles. The lowest BCUT2D eigenvalue weighted by Crippen LogP contribution is -2.41. The van der Waals surface area contributed by atoms with Crippen molar-refractivity contribution in [3.63, 3.8) is 0 Å². The van der Waals surface area contributed by atoms with E-state index in [1.54, 1.807) is 55.5 Å². The average molecular weight is 373 g/mol. The normalized spacial score (nSPS) is 19.4. The number of rotatable bonds is 5. The molecule has 2 aromatic carbocycles. The van der Waals surface area contributed by atoms with Crippen LogP contribution in [0.2, 0.25) is 5.02 Å². The average Bonchev–Trinajstić information content (AvgIpc) is 2.86. The Morgan fingerprint density at radius 2 is 1.81 bits per heavy atom. The summed E-state index contributed by atoms with van der Waals surface area (Å²) in [7, 11) is 1.53. The van der Waals surface area contributed by atoms with Crippen LogP contribution in [-0.4, -0.2) is 36.3 Å². The number of carbonyl (C=O) groups excluding carboxylic acids is 3.